The van der Waals surface area contributed by atoms with Crippen molar-refractivity contribution in [3.8, 4) is 0 Å². The first-order valence-corrected chi connectivity index (χ1v) is 8.43. The number of H-pyrrole nitrogens is 1. The zero-order chi connectivity index (χ0) is 16.8. The minimum Gasteiger partial charge on any atom is -0.356 e. The molecule has 0 bridgehead atoms. The van der Waals surface area contributed by atoms with Crippen molar-refractivity contribution >= 4 is 29.1 Å². The highest BCUT2D eigenvalue weighted by molar-refractivity contribution is 6.31. The first-order valence-electron chi connectivity index (χ1n) is 7.67. The van der Waals surface area contributed by atoms with Crippen molar-refractivity contribution in [2.45, 2.75) is 19.9 Å². The Morgan fingerprint density at radius 1 is 1.26 bits per heavy atom. The third-order valence-electron chi connectivity index (χ3n) is 3.87. The average molecular weight is 354 g/mol. The first-order chi connectivity index (χ1) is 11.1. The molecule has 1 aromatic carbocycles. The molecule has 1 heterocycles. The molecule has 0 saturated carbocycles. The second-order valence-electron chi connectivity index (χ2n) is 5.20. The van der Waals surface area contributed by atoms with Crippen molar-refractivity contribution in [1.82, 2.24) is 15.2 Å². The number of carbonyl (C=O) groups excluding carboxylic acids is 1. The van der Waals surface area contributed by atoms with Gasteiger partial charge in [0, 0.05) is 17.8 Å². The standard InChI is InChI=1S/C17H21Cl2N3O/c1-3-22(4-2)16(13-7-5-6-8-14(13)19)11-21-17(23)15-9-12(18)10-20-15/h5-10,16,20H,3-4,11H2,1-2H3,(H,21,23). The van der Waals surface area contributed by atoms with Gasteiger partial charge in [-0.2, -0.15) is 0 Å². The lowest BCUT2D eigenvalue weighted by molar-refractivity contribution is 0.0930. The average Bonchev–Trinajstić information content (AvgIpc) is 2.98. The van der Waals surface area contributed by atoms with Crippen LogP contribution >= 0.6 is 23.2 Å². The maximum absolute atomic E-state index is 12.2. The SMILES string of the molecule is CCN(CC)C(CNC(=O)c1cc(Cl)c[nH]1)c1ccccc1Cl. The lowest BCUT2D eigenvalue weighted by Gasteiger charge is -2.30. The van der Waals surface area contributed by atoms with E-state index in [1.54, 1.807) is 12.3 Å². The van der Waals surface area contributed by atoms with E-state index in [9.17, 15) is 4.79 Å². The Balaban J connectivity index is 2.15. The molecule has 6 heteroatoms. The Bertz CT molecular complexity index is 653. The molecule has 0 radical (unpaired) electrons. The van der Waals surface area contributed by atoms with Crippen LogP contribution < -0.4 is 5.32 Å². The molecule has 1 unspecified atom stereocenters. The monoisotopic (exact) mass is 353 g/mol. The maximum atomic E-state index is 12.2. The molecule has 4 nitrogen and oxygen atoms in total. The Morgan fingerprint density at radius 3 is 2.52 bits per heavy atom. The van der Waals surface area contributed by atoms with Gasteiger partial charge in [-0.25, -0.2) is 0 Å². The Labute approximate surface area is 146 Å². The van der Waals surface area contributed by atoms with E-state index in [-0.39, 0.29) is 11.9 Å². The molecular weight excluding hydrogens is 333 g/mol. The summed E-state index contributed by atoms with van der Waals surface area (Å²) in [4.78, 5) is 17.3. The third kappa shape index (κ3) is 4.50. The zero-order valence-electron chi connectivity index (χ0n) is 13.3. The van der Waals surface area contributed by atoms with E-state index in [0.29, 0.717) is 22.3 Å². The number of aromatic amines is 1. The summed E-state index contributed by atoms with van der Waals surface area (Å²) in [7, 11) is 0. The number of amides is 1. The molecule has 0 aliphatic heterocycles. The molecule has 1 atom stereocenters. The number of carbonyl (C=O) groups is 1. The van der Waals surface area contributed by atoms with Crippen LogP contribution in [0.4, 0.5) is 0 Å². The fourth-order valence-electron chi connectivity index (χ4n) is 2.63. The summed E-state index contributed by atoms with van der Waals surface area (Å²) in [6.07, 6.45) is 1.59. The van der Waals surface area contributed by atoms with Crippen LogP contribution in [0.2, 0.25) is 10.0 Å². The van der Waals surface area contributed by atoms with Crippen molar-refractivity contribution < 1.29 is 4.79 Å². The van der Waals surface area contributed by atoms with Gasteiger partial charge in [0.05, 0.1) is 11.1 Å². The minimum atomic E-state index is -0.180. The van der Waals surface area contributed by atoms with Crippen LogP contribution in [0.1, 0.15) is 35.9 Å². The summed E-state index contributed by atoms with van der Waals surface area (Å²) in [6.45, 7) is 6.41. The van der Waals surface area contributed by atoms with Gasteiger partial charge in [0.1, 0.15) is 5.69 Å². The normalized spacial score (nSPS) is 12.4. The Kier molecular flexibility index (Phi) is 6.51. The van der Waals surface area contributed by atoms with Crippen molar-refractivity contribution in [3.63, 3.8) is 0 Å². The van der Waals surface area contributed by atoms with Gasteiger partial charge in [-0.05, 0) is 30.8 Å². The molecule has 0 aliphatic carbocycles. The Hall–Kier alpha value is -1.49. The molecule has 0 fully saturated rings. The van der Waals surface area contributed by atoms with Gasteiger partial charge in [0.15, 0.2) is 0 Å². The molecule has 23 heavy (non-hydrogen) atoms. The van der Waals surface area contributed by atoms with E-state index < -0.39 is 0 Å². The van der Waals surface area contributed by atoms with Gasteiger partial charge in [0.25, 0.3) is 5.91 Å². The number of halogens is 2. The van der Waals surface area contributed by atoms with E-state index in [1.807, 2.05) is 24.3 Å². The zero-order valence-corrected chi connectivity index (χ0v) is 14.8. The first kappa shape index (κ1) is 17.9. The van der Waals surface area contributed by atoms with Crippen molar-refractivity contribution in [3.05, 3.63) is 57.8 Å². The molecule has 0 aliphatic rings. The summed E-state index contributed by atoms with van der Waals surface area (Å²) < 4.78 is 0. The van der Waals surface area contributed by atoms with Crippen molar-refractivity contribution in [1.29, 1.82) is 0 Å². The quantitative estimate of drug-likeness (QED) is 0.785. The summed E-state index contributed by atoms with van der Waals surface area (Å²) in [5.41, 5.74) is 1.47. The van der Waals surface area contributed by atoms with Gasteiger partial charge in [0.2, 0.25) is 0 Å². The third-order valence-corrected chi connectivity index (χ3v) is 4.43. The van der Waals surface area contributed by atoms with Crippen LogP contribution in [0, 0.1) is 0 Å². The van der Waals surface area contributed by atoms with Crippen LogP contribution in [0.5, 0.6) is 0 Å². The molecule has 124 valence electrons. The number of hydrogen-bond acceptors (Lipinski definition) is 2. The molecule has 2 rings (SSSR count). The number of rotatable bonds is 7. The van der Waals surface area contributed by atoms with E-state index in [2.05, 4.69) is 29.0 Å². The maximum Gasteiger partial charge on any atom is 0.267 e. The van der Waals surface area contributed by atoms with E-state index in [0.717, 1.165) is 18.7 Å². The number of benzene rings is 1. The topological polar surface area (TPSA) is 48.1 Å². The fourth-order valence-corrected chi connectivity index (χ4v) is 3.05. The molecule has 0 spiro atoms. The number of nitrogens with zero attached hydrogens (tertiary/aromatic N) is 1. The highest BCUT2D eigenvalue weighted by atomic mass is 35.5. The van der Waals surface area contributed by atoms with E-state index >= 15 is 0 Å². The summed E-state index contributed by atoms with van der Waals surface area (Å²) in [5, 5.41) is 4.18. The minimum absolute atomic E-state index is 0.0214. The largest absolute Gasteiger partial charge is 0.356 e. The molecule has 2 aromatic rings. The molecule has 1 aromatic heterocycles. The summed E-state index contributed by atoms with van der Waals surface area (Å²) >= 11 is 12.2. The van der Waals surface area contributed by atoms with Crippen molar-refractivity contribution in [2.24, 2.45) is 0 Å². The number of hydrogen-bond donors (Lipinski definition) is 2. The van der Waals surface area contributed by atoms with Gasteiger partial charge in [-0.3, -0.25) is 9.69 Å². The van der Waals surface area contributed by atoms with Gasteiger partial charge >= 0.3 is 0 Å². The molecule has 0 saturated heterocycles. The van der Waals surface area contributed by atoms with Gasteiger partial charge < -0.3 is 10.3 Å². The smallest absolute Gasteiger partial charge is 0.267 e. The van der Waals surface area contributed by atoms with Crippen LogP contribution in [-0.4, -0.2) is 35.4 Å². The summed E-state index contributed by atoms with van der Waals surface area (Å²) in [6, 6.07) is 9.38. The lowest BCUT2D eigenvalue weighted by atomic mass is 10.0. The summed E-state index contributed by atoms with van der Waals surface area (Å²) in [5.74, 6) is -0.180. The fraction of sp³-hybridized carbons (Fsp3) is 0.353. The predicted molar refractivity (Wildman–Crippen MR) is 95.2 cm³/mol. The Morgan fingerprint density at radius 2 is 1.96 bits per heavy atom. The van der Waals surface area contributed by atoms with E-state index in [1.165, 1.54) is 0 Å². The predicted octanol–water partition coefficient (Wildman–Crippen LogP) is 4.13. The second-order valence-corrected chi connectivity index (χ2v) is 6.04. The number of nitrogens with one attached hydrogen (secondary N) is 2. The van der Waals surface area contributed by atoms with Crippen LogP contribution in [-0.2, 0) is 0 Å². The number of likely N-dealkylation sites (N-methyl/N-ethyl adjacent to an activating group) is 1. The second kappa shape index (κ2) is 8.39. The molecule has 2 N–H and O–H groups in total. The van der Waals surface area contributed by atoms with Crippen molar-refractivity contribution in [2.75, 3.05) is 19.6 Å². The van der Waals surface area contributed by atoms with Crippen LogP contribution in [0.15, 0.2) is 36.5 Å². The van der Waals surface area contributed by atoms with Crippen LogP contribution in [0.3, 0.4) is 0 Å². The molecular formula is C17H21Cl2N3O. The van der Waals surface area contributed by atoms with Gasteiger partial charge in [-0.15, -0.1) is 0 Å². The van der Waals surface area contributed by atoms with E-state index in [4.69, 9.17) is 23.2 Å². The molecule has 1 amide bonds. The highest BCUT2D eigenvalue weighted by Gasteiger charge is 2.21. The highest BCUT2D eigenvalue weighted by Crippen LogP contribution is 2.27. The number of aromatic nitrogens is 1. The lowest BCUT2D eigenvalue weighted by Crippen LogP contribution is -2.38. The van der Waals surface area contributed by atoms with Gasteiger partial charge in [-0.1, -0.05) is 55.2 Å². The van der Waals surface area contributed by atoms with Crippen LogP contribution in [0.25, 0.3) is 0 Å².